The summed E-state index contributed by atoms with van der Waals surface area (Å²) in [5.74, 6) is -0.774. The second-order valence-electron chi connectivity index (χ2n) is 5.45. The molecule has 2 aromatic carbocycles. The lowest BCUT2D eigenvalue weighted by Crippen LogP contribution is -2.07. The zero-order valence-electron chi connectivity index (χ0n) is 13.2. The van der Waals surface area contributed by atoms with E-state index in [1.807, 2.05) is 12.1 Å². The topological polar surface area (TPSA) is 63.3 Å². The van der Waals surface area contributed by atoms with Gasteiger partial charge in [0.2, 0.25) is 0 Å². The molecule has 0 heterocycles. The minimum atomic E-state index is -0.774. The highest BCUT2D eigenvalue weighted by Gasteiger charge is 2.13. The molecule has 0 aliphatic rings. The van der Waals surface area contributed by atoms with E-state index in [0.29, 0.717) is 6.54 Å². The van der Waals surface area contributed by atoms with Crippen LogP contribution in [0, 0.1) is 0 Å². The zero-order chi connectivity index (χ0) is 16.1. The number of hydrogen-bond donors (Lipinski definition) is 2. The van der Waals surface area contributed by atoms with E-state index in [1.54, 1.807) is 0 Å². The minimum Gasteiger partial charge on any atom is -0.481 e. The Morgan fingerprint density at radius 3 is 1.95 bits per heavy atom. The Bertz CT molecular complexity index is 635. The number of aliphatic carboxylic acids is 1. The Balaban J connectivity index is 2.50. The second kappa shape index (κ2) is 7.23. The smallest absolute Gasteiger partial charge is 0.307 e. The Hall–Kier alpha value is -2.13. The maximum absolute atomic E-state index is 11.1. The summed E-state index contributed by atoms with van der Waals surface area (Å²) >= 11 is 0. The molecule has 0 bridgehead atoms. The highest BCUT2D eigenvalue weighted by molar-refractivity contribution is 5.74. The molecule has 3 N–H and O–H groups in total. The van der Waals surface area contributed by atoms with Crippen LogP contribution in [-0.4, -0.2) is 11.1 Å². The molecule has 0 atom stereocenters. The first-order chi connectivity index (χ1) is 10.6. The van der Waals surface area contributed by atoms with Gasteiger partial charge in [0.15, 0.2) is 0 Å². The molecule has 0 aliphatic heterocycles. The Morgan fingerprint density at radius 1 is 1.00 bits per heavy atom. The van der Waals surface area contributed by atoms with Crippen LogP contribution in [-0.2, 0) is 30.6 Å². The Morgan fingerprint density at radius 2 is 1.55 bits per heavy atom. The van der Waals surface area contributed by atoms with Gasteiger partial charge in [0.25, 0.3) is 0 Å². The van der Waals surface area contributed by atoms with Gasteiger partial charge in [0.05, 0.1) is 6.42 Å². The number of rotatable bonds is 6. The average molecular weight is 297 g/mol. The van der Waals surface area contributed by atoms with Crippen LogP contribution in [0.5, 0.6) is 0 Å². The number of benzene rings is 2. The summed E-state index contributed by atoms with van der Waals surface area (Å²) in [6.45, 7) is 4.68. The molecule has 0 radical (unpaired) electrons. The van der Waals surface area contributed by atoms with Gasteiger partial charge in [-0.05, 0) is 46.2 Å². The summed E-state index contributed by atoms with van der Waals surface area (Å²) in [5.41, 5.74) is 12.3. The van der Waals surface area contributed by atoms with Crippen molar-refractivity contribution < 1.29 is 9.90 Å². The van der Waals surface area contributed by atoms with Crippen molar-refractivity contribution in [3.8, 4) is 11.1 Å². The van der Waals surface area contributed by atoms with E-state index in [9.17, 15) is 4.79 Å². The molecule has 0 spiro atoms. The predicted octanol–water partition coefficient (Wildman–Crippen LogP) is 3.56. The van der Waals surface area contributed by atoms with Crippen LogP contribution in [0.15, 0.2) is 36.4 Å². The van der Waals surface area contributed by atoms with Crippen LogP contribution in [0.1, 0.15) is 36.1 Å². The third kappa shape index (κ3) is 3.55. The van der Waals surface area contributed by atoms with Crippen molar-refractivity contribution in [1.82, 2.24) is 0 Å². The largest absolute Gasteiger partial charge is 0.481 e. The monoisotopic (exact) mass is 297 g/mol. The third-order valence-corrected chi connectivity index (χ3v) is 4.05. The SMILES string of the molecule is CCc1cc(-c2ccc(CN)cc2)cc(CC)c1CC(=O)O. The molecule has 0 amide bonds. The highest BCUT2D eigenvalue weighted by Crippen LogP contribution is 2.27. The molecule has 0 unspecified atom stereocenters. The van der Waals surface area contributed by atoms with Crippen molar-refractivity contribution >= 4 is 5.97 Å². The molecule has 3 heteroatoms. The van der Waals surface area contributed by atoms with Crippen LogP contribution in [0.25, 0.3) is 11.1 Å². The summed E-state index contributed by atoms with van der Waals surface area (Å²) in [7, 11) is 0. The van der Waals surface area contributed by atoms with Gasteiger partial charge in [-0.3, -0.25) is 4.79 Å². The summed E-state index contributed by atoms with van der Waals surface area (Å²) in [6, 6.07) is 12.5. The first-order valence-corrected chi connectivity index (χ1v) is 7.74. The lowest BCUT2D eigenvalue weighted by Gasteiger charge is -2.15. The fourth-order valence-corrected chi connectivity index (χ4v) is 2.81. The third-order valence-electron chi connectivity index (χ3n) is 4.05. The standard InChI is InChI=1S/C19H23NO2/c1-3-14-9-17(16-7-5-13(12-20)6-8-16)10-15(4-2)18(14)11-19(21)22/h5-10H,3-4,11-12,20H2,1-2H3,(H,21,22). The van der Waals surface area contributed by atoms with Crippen LogP contribution in [0.4, 0.5) is 0 Å². The molecule has 116 valence electrons. The van der Waals surface area contributed by atoms with E-state index in [-0.39, 0.29) is 6.42 Å². The molecule has 2 aromatic rings. The molecule has 0 saturated heterocycles. The van der Waals surface area contributed by atoms with Crippen molar-refractivity contribution in [2.75, 3.05) is 0 Å². The van der Waals surface area contributed by atoms with E-state index >= 15 is 0 Å². The van der Waals surface area contributed by atoms with E-state index in [4.69, 9.17) is 10.8 Å². The van der Waals surface area contributed by atoms with Crippen molar-refractivity contribution in [1.29, 1.82) is 0 Å². The molecule has 0 fully saturated rings. The summed E-state index contributed by atoms with van der Waals surface area (Å²) < 4.78 is 0. The van der Waals surface area contributed by atoms with Crippen molar-refractivity contribution in [2.24, 2.45) is 5.73 Å². The molecular formula is C19H23NO2. The van der Waals surface area contributed by atoms with Gasteiger partial charge in [-0.15, -0.1) is 0 Å². The molecular weight excluding hydrogens is 274 g/mol. The number of carbonyl (C=O) groups is 1. The second-order valence-corrected chi connectivity index (χ2v) is 5.45. The summed E-state index contributed by atoms with van der Waals surface area (Å²) in [4.78, 5) is 11.1. The maximum Gasteiger partial charge on any atom is 0.307 e. The summed E-state index contributed by atoms with van der Waals surface area (Å²) in [6.07, 6.45) is 1.77. The molecule has 3 nitrogen and oxygen atoms in total. The lowest BCUT2D eigenvalue weighted by molar-refractivity contribution is -0.136. The molecule has 0 aromatic heterocycles. The van der Waals surface area contributed by atoms with Gasteiger partial charge in [0, 0.05) is 6.54 Å². The van der Waals surface area contributed by atoms with Crippen molar-refractivity contribution in [3.63, 3.8) is 0 Å². The van der Waals surface area contributed by atoms with Gasteiger partial charge >= 0.3 is 5.97 Å². The fourth-order valence-electron chi connectivity index (χ4n) is 2.81. The first-order valence-electron chi connectivity index (χ1n) is 7.74. The van der Waals surface area contributed by atoms with Crippen LogP contribution in [0.3, 0.4) is 0 Å². The Labute approximate surface area is 131 Å². The van der Waals surface area contributed by atoms with Crippen molar-refractivity contribution in [3.05, 3.63) is 58.7 Å². The van der Waals surface area contributed by atoms with Crippen LogP contribution < -0.4 is 5.73 Å². The first kappa shape index (κ1) is 16.2. The number of aryl methyl sites for hydroxylation is 2. The molecule has 0 saturated carbocycles. The van der Waals surface area contributed by atoms with E-state index < -0.39 is 5.97 Å². The average Bonchev–Trinajstić information content (AvgIpc) is 2.54. The van der Waals surface area contributed by atoms with Gasteiger partial charge in [-0.2, -0.15) is 0 Å². The predicted molar refractivity (Wildman–Crippen MR) is 89.9 cm³/mol. The molecule has 0 aliphatic carbocycles. The van der Waals surface area contributed by atoms with E-state index in [0.717, 1.165) is 46.2 Å². The highest BCUT2D eigenvalue weighted by atomic mass is 16.4. The number of carboxylic acids is 1. The van der Waals surface area contributed by atoms with Gasteiger partial charge in [0.1, 0.15) is 0 Å². The fraction of sp³-hybridized carbons (Fsp3) is 0.316. The summed E-state index contributed by atoms with van der Waals surface area (Å²) in [5, 5.41) is 9.14. The van der Waals surface area contributed by atoms with Gasteiger partial charge in [-0.1, -0.05) is 50.2 Å². The van der Waals surface area contributed by atoms with E-state index in [1.165, 1.54) is 0 Å². The minimum absolute atomic E-state index is 0.0960. The van der Waals surface area contributed by atoms with Gasteiger partial charge in [-0.25, -0.2) is 0 Å². The number of nitrogens with two attached hydrogens (primary N) is 1. The quantitative estimate of drug-likeness (QED) is 0.857. The number of carboxylic acid groups (broad SMARTS) is 1. The van der Waals surface area contributed by atoms with Gasteiger partial charge < -0.3 is 10.8 Å². The lowest BCUT2D eigenvalue weighted by atomic mass is 9.90. The maximum atomic E-state index is 11.1. The van der Waals surface area contributed by atoms with Crippen LogP contribution >= 0.6 is 0 Å². The molecule has 22 heavy (non-hydrogen) atoms. The zero-order valence-corrected chi connectivity index (χ0v) is 13.2. The molecule has 2 rings (SSSR count). The Kier molecular flexibility index (Phi) is 5.34. The normalized spacial score (nSPS) is 10.7. The van der Waals surface area contributed by atoms with E-state index in [2.05, 4.69) is 38.1 Å². The van der Waals surface area contributed by atoms with Crippen molar-refractivity contribution in [2.45, 2.75) is 39.7 Å². The van der Waals surface area contributed by atoms with Crippen LogP contribution in [0.2, 0.25) is 0 Å². The number of hydrogen-bond acceptors (Lipinski definition) is 2.